The zero-order valence-corrected chi connectivity index (χ0v) is 24.2. The third-order valence-electron chi connectivity index (χ3n) is 7.14. The largest absolute Gasteiger partial charge is 0.444 e. The summed E-state index contributed by atoms with van der Waals surface area (Å²) in [6.45, 7) is 8.12. The predicted molar refractivity (Wildman–Crippen MR) is 162 cm³/mol. The van der Waals surface area contributed by atoms with Gasteiger partial charge in [0.2, 0.25) is 0 Å². The van der Waals surface area contributed by atoms with Crippen molar-refractivity contribution in [2.45, 2.75) is 52.2 Å². The van der Waals surface area contributed by atoms with Gasteiger partial charge in [0.25, 0.3) is 5.91 Å². The number of fused-ring (bicyclic) bond motifs is 1. The maximum absolute atomic E-state index is 15.7. The van der Waals surface area contributed by atoms with Crippen molar-refractivity contribution in [3.8, 4) is 0 Å². The zero-order valence-electron chi connectivity index (χ0n) is 24.2. The Morgan fingerprint density at radius 3 is 2.64 bits per heavy atom. The summed E-state index contributed by atoms with van der Waals surface area (Å²) in [6.07, 6.45) is 4.03. The number of nitrogens with one attached hydrogen (secondary N) is 1. The Morgan fingerprint density at radius 2 is 1.90 bits per heavy atom. The van der Waals surface area contributed by atoms with Gasteiger partial charge in [-0.1, -0.05) is 18.2 Å². The van der Waals surface area contributed by atoms with Gasteiger partial charge < -0.3 is 20.7 Å². The van der Waals surface area contributed by atoms with Crippen LogP contribution in [-0.2, 0) is 4.74 Å². The van der Waals surface area contributed by atoms with Crippen molar-refractivity contribution < 1.29 is 18.7 Å². The molecule has 218 valence electrons. The summed E-state index contributed by atoms with van der Waals surface area (Å²) in [4.78, 5) is 39.3. The van der Waals surface area contributed by atoms with Gasteiger partial charge in [0.05, 0.1) is 17.3 Å². The van der Waals surface area contributed by atoms with Crippen LogP contribution in [0.3, 0.4) is 0 Å². The number of carbonyl (C=O) groups excluding carboxylic acids is 2. The molecule has 4 aromatic rings. The van der Waals surface area contributed by atoms with E-state index >= 15 is 4.39 Å². The summed E-state index contributed by atoms with van der Waals surface area (Å²) in [6, 6.07) is 15.0. The summed E-state index contributed by atoms with van der Waals surface area (Å²) in [5.41, 5.74) is 6.94. The van der Waals surface area contributed by atoms with Crippen LogP contribution in [0.25, 0.3) is 10.8 Å². The molecule has 5 rings (SSSR count). The molecule has 10 heteroatoms. The molecule has 0 unspecified atom stereocenters. The number of ether oxygens (including phenoxy) is 1. The second kappa shape index (κ2) is 11.6. The normalized spacial score (nSPS) is 15.4. The van der Waals surface area contributed by atoms with E-state index in [-0.39, 0.29) is 12.1 Å². The maximum Gasteiger partial charge on any atom is 0.410 e. The van der Waals surface area contributed by atoms with E-state index in [0.29, 0.717) is 42.4 Å². The lowest BCUT2D eigenvalue weighted by atomic mass is 10.00. The SMILES string of the molecule is Cc1cccc2ccnc(N(C(=O)c3ccc(Nc4ncccc4N)cc3F)[C@@H]3CCCN(C(=O)OC(C)(C)C)C3)c12. The molecule has 0 saturated carbocycles. The topological polar surface area (TPSA) is 114 Å². The zero-order chi connectivity index (χ0) is 30.0. The molecule has 0 aliphatic carbocycles. The number of carbonyl (C=O) groups is 2. The van der Waals surface area contributed by atoms with Crippen LogP contribution >= 0.6 is 0 Å². The van der Waals surface area contributed by atoms with Gasteiger partial charge in [0, 0.05) is 36.6 Å². The second-order valence-corrected chi connectivity index (χ2v) is 11.5. The molecule has 42 heavy (non-hydrogen) atoms. The number of nitrogens with zero attached hydrogens (tertiary/aromatic N) is 4. The van der Waals surface area contributed by atoms with Gasteiger partial charge in [-0.05, 0) is 87.9 Å². The minimum atomic E-state index is -0.707. The van der Waals surface area contributed by atoms with Gasteiger partial charge in [-0.15, -0.1) is 0 Å². The highest BCUT2D eigenvalue weighted by Crippen LogP contribution is 2.33. The van der Waals surface area contributed by atoms with Crippen LogP contribution in [-0.4, -0.2) is 51.6 Å². The van der Waals surface area contributed by atoms with Crippen LogP contribution in [0.5, 0.6) is 0 Å². The van der Waals surface area contributed by atoms with Gasteiger partial charge in [0.15, 0.2) is 5.82 Å². The van der Waals surface area contributed by atoms with Gasteiger partial charge in [-0.25, -0.2) is 19.2 Å². The lowest BCUT2D eigenvalue weighted by Gasteiger charge is -2.39. The Morgan fingerprint density at radius 1 is 1.10 bits per heavy atom. The van der Waals surface area contributed by atoms with E-state index in [0.717, 1.165) is 16.3 Å². The second-order valence-electron chi connectivity index (χ2n) is 11.5. The molecule has 2 aromatic carbocycles. The summed E-state index contributed by atoms with van der Waals surface area (Å²) in [5.74, 6) is -0.441. The number of nitrogens with two attached hydrogens (primary N) is 1. The molecule has 1 aliphatic heterocycles. The fourth-order valence-corrected chi connectivity index (χ4v) is 5.22. The van der Waals surface area contributed by atoms with Crippen molar-refractivity contribution >= 4 is 45.8 Å². The van der Waals surface area contributed by atoms with Crippen LogP contribution in [0, 0.1) is 12.7 Å². The van der Waals surface area contributed by atoms with Crippen molar-refractivity contribution in [1.82, 2.24) is 14.9 Å². The number of hydrogen-bond acceptors (Lipinski definition) is 7. The minimum absolute atomic E-state index is 0.115. The molecule has 1 aliphatic rings. The quantitative estimate of drug-likeness (QED) is 0.283. The molecular weight excluding hydrogens is 535 g/mol. The highest BCUT2D eigenvalue weighted by molar-refractivity contribution is 6.11. The minimum Gasteiger partial charge on any atom is -0.444 e. The number of piperidine rings is 1. The van der Waals surface area contributed by atoms with Gasteiger partial charge in [-0.3, -0.25) is 9.69 Å². The first-order valence-electron chi connectivity index (χ1n) is 13.9. The molecule has 0 spiro atoms. The van der Waals surface area contributed by atoms with Crippen molar-refractivity contribution in [2.24, 2.45) is 0 Å². The number of aryl methyl sites for hydroxylation is 1. The number of aromatic nitrogens is 2. The Hall–Kier alpha value is -4.73. The van der Waals surface area contributed by atoms with Crippen molar-refractivity contribution in [2.75, 3.05) is 29.0 Å². The van der Waals surface area contributed by atoms with Crippen molar-refractivity contribution in [1.29, 1.82) is 0 Å². The average molecular weight is 571 g/mol. The Bertz CT molecular complexity index is 1630. The first-order valence-corrected chi connectivity index (χ1v) is 13.9. The van der Waals surface area contributed by atoms with Gasteiger partial charge in [0.1, 0.15) is 17.2 Å². The standard InChI is InChI=1S/C32H35FN6O3/c1-20-8-5-9-21-14-16-36-29(27(20)21)39(23-10-7-17-38(19-23)31(41)42-32(2,3)4)30(40)24-13-12-22(18-25(24)33)37-28-26(34)11-6-15-35-28/h5-6,8-9,11-16,18,23H,7,10,17,19,34H2,1-4H3,(H,35,37)/t23-/m1/s1. The number of pyridine rings is 2. The molecule has 2 aromatic heterocycles. The molecule has 3 heterocycles. The fourth-order valence-electron chi connectivity index (χ4n) is 5.22. The number of hydrogen-bond donors (Lipinski definition) is 2. The van der Waals surface area contributed by atoms with E-state index in [1.165, 1.54) is 12.1 Å². The first-order chi connectivity index (χ1) is 20.0. The van der Waals surface area contributed by atoms with Gasteiger partial charge in [-0.2, -0.15) is 0 Å². The van der Waals surface area contributed by atoms with E-state index in [1.54, 1.807) is 40.4 Å². The highest BCUT2D eigenvalue weighted by Gasteiger charge is 2.36. The van der Waals surface area contributed by atoms with Crippen LogP contribution in [0.2, 0.25) is 0 Å². The molecule has 1 atom stereocenters. The lowest BCUT2D eigenvalue weighted by Crippen LogP contribution is -2.53. The molecule has 1 fully saturated rings. The monoisotopic (exact) mass is 570 g/mol. The molecule has 0 bridgehead atoms. The molecular formula is C32H35FN6O3. The first kappa shape index (κ1) is 28.8. The van der Waals surface area contributed by atoms with Crippen LogP contribution in [0.15, 0.2) is 67.0 Å². The number of benzene rings is 2. The number of anilines is 4. The third kappa shape index (κ3) is 6.12. The van der Waals surface area contributed by atoms with Crippen LogP contribution in [0.1, 0.15) is 49.5 Å². The smallest absolute Gasteiger partial charge is 0.410 e. The lowest BCUT2D eigenvalue weighted by molar-refractivity contribution is 0.0196. The molecule has 3 N–H and O–H groups in total. The average Bonchev–Trinajstić information content (AvgIpc) is 2.94. The van der Waals surface area contributed by atoms with Crippen LogP contribution < -0.4 is 16.0 Å². The summed E-state index contributed by atoms with van der Waals surface area (Å²) in [7, 11) is 0. The number of likely N-dealkylation sites (tertiary alicyclic amines) is 1. The molecule has 9 nitrogen and oxygen atoms in total. The Balaban J connectivity index is 1.54. The van der Waals surface area contributed by atoms with E-state index in [9.17, 15) is 9.59 Å². The fraction of sp³-hybridized carbons (Fsp3) is 0.312. The highest BCUT2D eigenvalue weighted by atomic mass is 19.1. The van der Waals surface area contributed by atoms with E-state index in [1.807, 2.05) is 52.0 Å². The Labute approximate surface area is 244 Å². The molecule has 0 radical (unpaired) electrons. The third-order valence-corrected chi connectivity index (χ3v) is 7.14. The summed E-state index contributed by atoms with van der Waals surface area (Å²) < 4.78 is 21.3. The summed E-state index contributed by atoms with van der Waals surface area (Å²) in [5, 5.41) is 4.71. The Kier molecular flexibility index (Phi) is 7.98. The molecule has 2 amide bonds. The number of nitrogen functional groups attached to an aromatic ring is 1. The van der Waals surface area contributed by atoms with Crippen LogP contribution in [0.4, 0.5) is 32.2 Å². The number of rotatable bonds is 5. The van der Waals surface area contributed by atoms with E-state index in [4.69, 9.17) is 10.5 Å². The number of halogens is 1. The number of amides is 2. The maximum atomic E-state index is 15.7. The van der Waals surface area contributed by atoms with Crippen molar-refractivity contribution in [3.05, 3.63) is 83.9 Å². The van der Waals surface area contributed by atoms with Crippen molar-refractivity contribution in [3.63, 3.8) is 0 Å². The van der Waals surface area contributed by atoms with Gasteiger partial charge >= 0.3 is 6.09 Å². The molecule has 1 saturated heterocycles. The summed E-state index contributed by atoms with van der Waals surface area (Å²) >= 11 is 0. The predicted octanol–water partition coefficient (Wildman–Crippen LogP) is 6.45. The van der Waals surface area contributed by atoms with E-state index < -0.39 is 29.5 Å². The van der Waals surface area contributed by atoms with E-state index in [2.05, 4.69) is 15.3 Å².